The summed E-state index contributed by atoms with van der Waals surface area (Å²) in [7, 11) is 2.92. The van der Waals surface area contributed by atoms with Gasteiger partial charge in [0.2, 0.25) is 0 Å². The summed E-state index contributed by atoms with van der Waals surface area (Å²) in [4.78, 5) is 15.6. The molecular formula is C12H19N3O4. The minimum Gasteiger partial charge on any atom is -0.465 e. The first-order valence-corrected chi connectivity index (χ1v) is 5.83. The lowest BCUT2D eigenvalue weighted by Gasteiger charge is -2.10. The number of pyridine rings is 1. The summed E-state index contributed by atoms with van der Waals surface area (Å²) >= 11 is 0. The van der Waals surface area contributed by atoms with Gasteiger partial charge in [0.05, 0.1) is 38.8 Å². The molecule has 0 bridgehead atoms. The maximum absolute atomic E-state index is 11.6. The van der Waals surface area contributed by atoms with Gasteiger partial charge in [-0.05, 0) is 6.07 Å². The lowest BCUT2D eigenvalue weighted by atomic mass is 10.2. The molecule has 0 atom stereocenters. The highest BCUT2D eigenvalue weighted by Gasteiger charge is 2.13. The normalized spacial score (nSPS) is 10.2. The number of methoxy groups -OCH3 is 2. The van der Waals surface area contributed by atoms with Gasteiger partial charge in [0.25, 0.3) is 0 Å². The van der Waals surface area contributed by atoms with Gasteiger partial charge in [0, 0.05) is 13.7 Å². The molecule has 0 saturated heterocycles. The maximum Gasteiger partial charge on any atom is 0.341 e. The Morgan fingerprint density at radius 1 is 1.37 bits per heavy atom. The molecule has 3 N–H and O–H groups in total. The monoisotopic (exact) mass is 269 g/mol. The highest BCUT2D eigenvalue weighted by molar-refractivity contribution is 5.95. The van der Waals surface area contributed by atoms with Gasteiger partial charge in [-0.1, -0.05) is 0 Å². The number of hydrogen-bond acceptors (Lipinski definition) is 7. The second kappa shape index (κ2) is 8.28. The number of nitrogens with one attached hydrogen (secondary N) is 1. The van der Waals surface area contributed by atoms with Crippen molar-refractivity contribution in [1.29, 1.82) is 0 Å². The number of carbonyl (C=O) groups excluding carboxylic acids is 1. The van der Waals surface area contributed by atoms with E-state index in [0.29, 0.717) is 43.4 Å². The molecule has 1 aromatic heterocycles. The lowest BCUT2D eigenvalue weighted by molar-refractivity contribution is 0.0601. The number of carbonyl (C=O) groups is 1. The number of ether oxygens (including phenoxy) is 3. The molecule has 1 aromatic rings. The molecule has 1 rings (SSSR count). The minimum absolute atomic E-state index is 0.305. The molecule has 0 spiro atoms. The molecule has 1 heterocycles. The van der Waals surface area contributed by atoms with Crippen molar-refractivity contribution in [2.75, 3.05) is 51.6 Å². The zero-order valence-corrected chi connectivity index (χ0v) is 11.1. The van der Waals surface area contributed by atoms with Gasteiger partial charge in [-0.2, -0.15) is 0 Å². The zero-order valence-electron chi connectivity index (χ0n) is 11.1. The molecule has 7 heteroatoms. The third kappa shape index (κ3) is 5.11. The van der Waals surface area contributed by atoms with E-state index in [1.807, 2.05) is 0 Å². The van der Waals surface area contributed by atoms with Gasteiger partial charge < -0.3 is 25.3 Å². The highest BCUT2D eigenvalue weighted by atomic mass is 16.5. The molecule has 0 aromatic carbocycles. The Labute approximate surface area is 112 Å². The largest absolute Gasteiger partial charge is 0.465 e. The van der Waals surface area contributed by atoms with E-state index in [1.165, 1.54) is 19.4 Å². The summed E-state index contributed by atoms with van der Waals surface area (Å²) in [6.45, 7) is 2.07. The van der Waals surface area contributed by atoms with E-state index in [2.05, 4.69) is 15.0 Å². The summed E-state index contributed by atoms with van der Waals surface area (Å²) < 4.78 is 14.8. The molecular weight excluding hydrogens is 250 g/mol. The van der Waals surface area contributed by atoms with Crippen LogP contribution in [0.2, 0.25) is 0 Å². The second-order valence-corrected chi connectivity index (χ2v) is 3.69. The van der Waals surface area contributed by atoms with E-state index >= 15 is 0 Å². The van der Waals surface area contributed by atoms with Crippen LogP contribution in [0.3, 0.4) is 0 Å². The molecule has 0 unspecified atom stereocenters. The van der Waals surface area contributed by atoms with Crippen molar-refractivity contribution >= 4 is 17.5 Å². The number of nitrogen functional groups attached to an aromatic ring is 1. The van der Waals surface area contributed by atoms with Crippen LogP contribution in [-0.4, -0.2) is 51.5 Å². The first-order chi connectivity index (χ1) is 9.19. The third-order valence-electron chi connectivity index (χ3n) is 2.28. The Morgan fingerprint density at radius 3 is 2.84 bits per heavy atom. The smallest absolute Gasteiger partial charge is 0.341 e. The van der Waals surface area contributed by atoms with Crippen molar-refractivity contribution in [3.05, 3.63) is 17.8 Å². The molecule has 0 aliphatic carbocycles. The van der Waals surface area contributed by atoms with Crippen molar-refractivity contribution in [3.63, 3.8) is 0 Å². The Balaban J connectivity index is 2.50. The standard InChI is InChI=1S/C12H19N3O4/c1-17-5-6-19-4-3-14-11-10(12(16)18-2)7-9(13)8-15-11/h7-8H,3-6,13H2,1-2H3,(H,14,15). The van der Waals surface area contributed by atoms with Crippen LogP contribution in [0, 0.1) is 0 Å². The molecule has 0 aliphatic rings. The Morgan fingerprint density at radius 2 is 2.16 bits per heavy atom. The van der Waals surface area contributed by atoms with E-state index in [-0.39, 0.29) is 0 Å². The van der Waals surface area contributed by atoms with E-state index in [4.69, 9.17) is 15.2 Å². The second-order valence-electron chi connectivity index (χ2n) is 3.69. The Bertz CT molecular complexity index is 412. The quantitative estimate of drug-likeness (QED) is 0.524. The van der Waals surface area contributed by atoms with Gasteiger partial charge in [-0.15, -0.1) is 0 Å². The number of aromatic nitrogens is 1. The van der Waals surface area contributed by atoms with Crippen LogP contribution in [0.5, 0.6) is 0 Å². The van der Waals surface area contributed by atoms with Crippen molar-refractivity contribution in [2.45, 2.75) is 0 Å². The Kier molecular flexibility index (Phi) is 6.62. The summed E-state index contributed by atoms with van der Waals surface area (Å²) in [5.41, 5.74) is 6.30. The van der Waals surface area contributed by atoms with Gasteiger partial charge in [-0.3, -0.25) is 0 Å². The van der Waals surface area contributed by atoms with E-state index in [9.17, 15) is 4.79 Å². The molecule has 0 aliphatic heterocycles. The van der Waals surface area contributed by atoms with E-state index in [0.717, 1.165) is 0 Å². The average molecular weight is 269 g/mol. The first-order valence-electron chi connectivity index (χ1n) is 5.83. The van der Waals surface area contributed by atoms with Crippen LogP contribution in [-0.2, 0) is 14.2 Å². The predicted octanol–water partition coefficient (Wildman–Crippen LogP) is 0.525. The van der Waals surface area contributed by atoms with E-state index < -0.39 is 5.97 Å². The zero-order chi connectivity index (χ0) is 14.1. The average Bonchev–Trinajstić information content (AvgIpc) is 2.43. The number of rotatable bonds is 8. The van der Waals surface area contributed by atoms with Gasteiger partial charge in [0.15, 0.2) is 0 Å². The maximum atomic E-state index is 11.6. The van der Waals surface area contributed by atoms with Crippen LogP contribution < -0.4 is 11.1 Å². The van der Waals surface area contributed by atoms with Gasteiger partial charge in [0.1, 0.15) is 11.4 Å². The lowest BCUT2D eigenvalue weighted by Crippen LogP contribution is -2.16. The number of anilines is 2. The minimum atomic E-state index is -0.484. The SMILES string of the molecule is COCCOCCNc1ncc(N)cc1C(=O)OC. The fourth-order valence-corrected chi connectivity index (χ4v) is 1.37. The predicted molar refractivity (Wildman–Crippen MR) is 71.2 cm³/mol. The molecule has 19 heavy (non-hydrogen) atoms. The van der Waals surface area contributed by atoms with Gasteiger partial charge >= 0.3 is 5.97 Å². The number of nitrogens with two attached hydrogens (primary N) is 1. The number of hydrogen-bond donors (Lipinski definition) is 2. The van der Waals surface area contributed by atoms with Crippen LogP contribution in [0.25, 0.3) is 0 Å². The number of esters is 1. The van der Waals surface area contributed by atoms with Crippen LogP contribution in [0.4, 0.5) is 11.5 Å². The molecule has 7 nitrogen and oxygen atoms in total. The highest BCUT2D eigenvalue weighted by Crippen LogP contribution is 2.16. The first kappa shape index (κ1) is 15.2. The van der Waals surface area contributed by atoms with Crippen LogP contribution in [0.15, 0.2) is 12.3 Å². The van der Waals surface area contributed by atoms with Crippen LogP contribution >= 0.6 is 0 Å². The number of nitrogens with zero attached hydrogens (tertiary/aromatic N) is 1. The molecule has 0 saturated carbocycles. The molecule has 106 valence electrons. The van der Waals surface area contributed by atoms with Crippen molar-refractivity contribution in [1.82, 2.24) is 4.98 Å². The summed E-state index contributed by atoms with van der Waals surface area (Å²) in [5.74, 6) is -0.0565. The summed E-state index contributed by atoms with van der Waals surface area (Å²) in [5, 5.41) is 3.00. The Hall–Kier alpha value is -1.86. The molecule has 0 radical (unpaired) electrons. The van der Waals surface area contributed by atoms with Crippen molar-refractivity contribution in [2.24, 2.45) is 0 Å². The van der Waals surface area contributed by atoms with Crippen molar-refractivity contribution in [3.8, 4) is 0 Å². The van der Waals surface area contributed by atoms with Crippen LogP contribution in [0.1, 0.15) is 10.4 Å². The summed E-state index contributed by atoms with van der Waals surface area (Å²) in [6.07, 6.45) is 1.47. The fourth-order valence-electron chi connectivity index (χ4n) is 1.37. The third-order valence-corrected chi connectivity index (χ3v) is 2.28. The van der Waals surface area contributed by atoms with Gasteiger partial charge in [-0.25, -0.2) is 9.78 Å². The summed E-state index contributed by atoms with van der Waals surface area (Å²) in [6, 6.07) is 1.52. The fraction of sp³-hybridized carbons (Fsp3) is 0.500. The van der Waals surface area contributed by atoms with Crippen molar-refractivity contribution < 1.29 is 19.0 Å². The molecule has 0 fully saturated rings. The van der Waals surface area contributed by atoms with E-state index in [1.54, 1.807) is 7.11 Å². The topological polar surface area (TPSA) is 95.7 Å². The molecule has 0 amide bonds.